The second kappa shape index (κ2) is 8.84. The number of nitriles is 1. The minimum absolute atomic E-state index is 0.211. The first-order valence-electron chi connectivity index (χ1n) is 10.5. The maximum absolute atomic E-state index is 8.87. The Labute approximate surface area is 194 Å². The lowest BCUT2D eigenvalue weighted by atomic mass is 10.1. The number of nitrogens with zero attached hydrogens (tertiary/aromatic N) is 9. The second-order valence-corrected chi connectivity index (χ2v) is 8.09. The number of nitrogens with one attached hydrogen (secondary N) is 2. The topological polar surface area (TPSA) is 133 Å². The zero-order valence-electron chi connectivity index (χ0n) is 17.8. The molecular formula is C21H20ClN11. The van der Waals surface area contributed by atoms with Gasteiger partial charge in [0.15, 0.2) is 23.0 Å². The fourth-order valence-electron chi connectivity index (χ4n) is 3.73. The maximum atomic E-state index is 8.87. The summed E-state index contributed by atoms with van der Waals surface area (Å²) in [6, 6.07) is 9.48. The molecule has 5 rings (SSSR count). The van der Waals surface area contributed by atoms with Crippen molar-refractivity contribution >= 4 is 40.5 Å². The summed E-state index contributed by atoms with van der Waals surface area (Å²) < 4.78 is 1.71. The van der Waals surface area contributed by atoms with Crippen molar-refractivity contribution in [2.75, 3.05) is 28.6 Å². The van der Waals surface area contributed by atoms with E-state index in [4.69, 9.17) is 16.9 Å². The Morgan fingerprint density at radius 1 is 1.15 bits per heavy atom. The van der Waals surface area contributed by atoms with Gasteiger partial charge in [-0.1, -0.05) is 11.6 Å². The first kappa shape index (κ1) is 20.8. The summed E-state index contributed by atoms with van der Waals surface area (Å²) in [5, 5.41) is 28.3. The highest BCUT2D eigenvalue weighted by Gasteiger charge is 2.22. The van der Waals surface area contributed by atoms with E-state index in [2.05, 4.69) is 45.8 Å². The van der Waals surface area contributed by atoms with Gasteiger partial charge in [0.25, 0.3) is 0 Å². The minimum Gasteiger partial charge on any atom is -0.366 e. The van der Waals surface area contributed by atoms with Crippen molar-refractivity contribution in [3.05, 3.63) is 53.2 Å². The quantitative estimate of drug-likeness (QED) is 0.456. The van der Waals surface area contributed by atoms with Crippen molar-refractivity contribution in [1.82, 2.24) is 34.8 Å². The van der Waals surface area contributed by atoms with Crippen molar-refractivity contribution in [3.63, 3.8) is 0 Å². The number of rotatable bonds is 5. The number of aromatic nitrogens is 7. The molecule has 0 spiro atoms. The molecule has 0 bridgehead atoms. The number of hydrogen-bond acceptors (Lipinski definition) is 10. The predicted octanol–water partition coefficient (Wildman–Crippen LogP) is 2.97. The summed E-state index contributed by atoms with van der Waals surface area (Å²) in [6.07, 6.45) is 5.18. The maximum Gasteiger partial charge on any atom is 0.229 e. The molecule has 0 aromatic carbocycles. The smallest absolute Gasteiger partial charge is 0.229 e. The van der Waals surface area contributed by atoms with Gasteiger partial charge in [-0.25, -0.2) is 14.5 Å². The van der Waals surface area contributed by atoms with E-state index in [-0.39, 0.29) is 6.04 Å². The molecule has 4 aromatic heterocycles. The zero-order valence-corrected chi connectivity index (χ0v) is 18.5. The van der Waals surface area contributed by atoms with Crippen LogP contribution in [0, 0.1) is 18.3 Å². The SMILES string of the molecule is Cc1nc2cc(Nc3ncc(Cl)c(NC4CCN(c5ccc(C#N)nn5)CC4)n3)ccn2n1. The van der Waals surface area contributed by atoms with Gasteiger partial charge in [0.2, 0.25) is 5.95 Å². The lowest BCUT2D eigenvalue weighted by Gasteiger charge is -2.33. The molecule has 1 aliphatic rings. The van der Waals surface area contributed by atoms with Gasteiger partial charge in [0, 0.05) is 37.1 Å². The van der Waals surface area contributed by atoms with Crippen LogP contribution < -0.4 is 15.5 Å². The summed E-state index contributed by atoms with van der Waals surface area (Å²) >= 11 is 6.36. The van der Waals surface area contributed by atoms with E-state index in [1.54, 1.807) is 16.8 Å². The normalized spacial score (nSPS) is 14.3. The van der Waals surface area contributed by atoms with Crippen LogP contribution in [-0.4, -0.2) is 53.9 Å². The van der Waals surface area contributed by atoms with E-state index in [1.165, 1.54) is 0 Å². The van der Waals surface area contributed by atoms with Gasteiger partial charge in [0.1, 0.15) is 16.9 Å². The van der Waals surface area contributed by atoms with Crippen molar-refractivity contribution in [2.24, 2.45) is 0 Å². The van der Waals surface area contributed by atoms with Crippen LogP contribution in [-0.2, 0) is 0 Å². The van der Waals surface area contributed by atoms with Gasteiger partial charge in [0.05, 0.1) is 6.20 Å². The lowest BCUT2D eigenvalue weighted by Crippen LogP contribution is -2.39. The number of halogens is 1. The predicted molar refractivity (Wildman–Crippen MR) is 124 cm³/mol. The number of piperidine rings is 1. The number of fused-ring (bicyclic) bond motifs is 1. The summed E-state index contributed by atoms with van der Waals surface area (Å²) in [7, 11) is 0. The Hall–Kier alpha value is -4.04. The summed E-state index contributed by atoms with van der Waals surface area (Å²) in [5.74, 6) is 2.51. The molecule has 0 atom stereocenters. The average Bonchev–Trinajstić information content (AvgIpc) is 3.21. The van der Waals surface area contributed by atoms with Crippen molar-refractivity contribution in [1.29, 1.82) is 5.26 Å². The first-order valence-corrected chi connectivity index (χ1v) is 10.8. The van der Waals surface area contributed by atoms with Crippen LogP contribution in [0.3, 0.4) is 0 Å². The van der Waals surface area contributed by atoms with Crippen LogP contribution in [0.25, 0.3) is 5.65 Å². The summed E-state index contributed by atoms with van der Waals surface area (Å²) in [5.41, 5.74) is 1.86. The standard InChI is InChI=1S/C21H20ClN11/c1-13-25-19-10-15(6-9-33(19)31-13)27-21-24-12-17(22)20(28-21)26-14-4-7-32(8-5-14)18-3-2-16(11-23)29-30-18/h2-3,6,9-10,12,14H,4-5,7-8H2,1H3,(H2,24,26,27,28). The largest absolute Gasteiger partial charge is 0.366 e. The molecule has 0 saturated carbocycles. The molecule has 1 aliphatic heterocycles. The van der Waals surface area contributed by atoms with E-state index in [0.29, 0.717) is 28.3 Å². The molecule has 4 aromatic rings. The van der Waals surface area contributed by atoms with Gasteiger partial charge in [-0.2, -0.15) is 15.3 Å². The molecule has 0 radical (unpaired) electrons. The summed E-state index contributed by atoms with van der Waals surface area (Å²) in [6.45, 7) is 3.47. The minimum atomic E-state index is 0.211. The third-order valence-corrected chi connectivity index (χ3v) is 5.65. The Morgan fingerprint density at radius 2 is 2.00 bits per heavy atom. The van der Waals surface area contributed by atoms with Crippen LogP contribution in [0.1, 0.15) is 24.4 Å². The molecule has 0 amide bonds. The molecular weight excluding hydrogens is 442 g/mol. The van der Waals surface area contributed by atoms with Crippen LogP contribution in [0.15, 0.2) is 36.7 Å². The van der Waals surface area contributed by atoms with Gasteiger partial charge < -0.3 is 15.5 Å². The number of hydrogen-bond donors (Lipinski definition) is 2. The molecule has 11 nitrogen and oxygen atoms in total. The highest BCUT2D eigenvalue weighted by Crippen LogP contribution is 2.25. The fourth-order valence-corrected chi connectivity index (χ4v) is 3.87. The Kier molecular flexibility index (Phi) is 5.58. The van der Waals surface area contributed by atoms with Crippen molar-refractivity contribution in [2.45, 2.75) is 25.8 Å². The molecule has 12 heteroatoms. The highest BCUT2D eigenvalue weighted by atomic mass is 35.5. The van der Waals surface area contributed by atoms with Gasteiger partial charge in [-0.3, -0.25) is 0 Å². The third-order valence-electron chi connectivity index (χ3n) is 5.37. The van der Waals surface area contributed by atoms with E-state index < -0.39 is 0 Å². The van der Waals surface area contributed by atoms with E-state index in [9.17, 15) is 0 Å². The first-order chi connectivity index (χ1) is 16.1. The van der Waals surface area contributed by atoms with E-state index in [1.807, 2.05) is 37.4 Å². The lowest BCUT2D eigenvalue weighted by molar-refractivity contribution is 0.521. The Bertz CT molecular complexity index is 1320. The number of aryl methyl sites for hydroxylation is 1. The molecule has 33 heavy (non-hydrogen) atoms. The second-order valence-electron chi connectivity index (χ2n) is 7.69. The van der Waals surface area contributed by atoms with Crippen molar-refractivity contribution in [3.8, 4) is 6.07 Å². The molecule has 1 saturated heterocycles. The highest BCUT2D eigenvalue weighted by molar-refractivity contribution is 6.32. The Balaban J connectivity index is 1.23. The third kappa shape index (κ3) is 4.61. The van der Waals surface area contributed by atoms with Gasteiger partial charge in [-0.15, -0.1) is 10.2 Å². The average molecular weight is 462 g/mol. The van der Waals surface area contributed by atoms with Crippen LogP contribution in [0.2, 0.25) is 5.02 Å². The molecule has 1 fully saturated rings. The van der Waals surface area contributed by atoms with E-state index >= 15 is 0 Å². The van der Waals surface area contributed by atoms with Crippen LogP contribution >= 0.6 is 11.6 Å². The Morgan fingerprint density at radius 3 is 2.76 bits per heavy atom. The fraction of sp³-hybridized carbons (Fsp3) is 0.286. The van der Waals surface area contributed by atoms with Crippen LogP contribution in [0.4, 0.5) is 23.3 Å². The zero-order chi connectivity index (χ0) is 22.8. The van der Waals surface area contributed by atoms with E-state index in [0.717, 1.165) is 43.1 Å². The number of pyridine rings is 1. The molecule has 0 unspecified atom stereocenters. The van der Waals surface area contributed by atoms with Crippen molar-refractivity contribution < 1.29 is 0 Å². The summed E-state index contributed by atoms with van der Waals surface area (Å²) in [4.78, 5) is 15.4. The molecule has 166 valence electrons. The monoisotopic (exact) mass is 461 g/mol. The molecule has 0 aliphatic carbocycles. The molecule has 2 N–H and O–H groups in total. The van der Waals surface area contributed by atoms with Gasteiger partial charge >= 0.3 is 0 Å². The van der Waals surface area contributed by atoms with Gasteiger partial charge in [-0.05, 0) is 38.0 Å². The molecule has 5 heterocycles. The van der Waals surface area contributed by atoms with Crippen LogP contribution in [0.5, 0.6) is 0 Å². The number of anilines is 4.